The van der Waals surface area contributed by atoms with Gasteiger partial charge >= 0.3 is 5.97 Å². The van der Waals surface area contributed by atoms with Crippen LogP contribution < -0.4 is 5.32 Å². The minimum Gasteiger partial charge on any atom is -0.481 e. The molecule has 0 bridgehead atoms. The maximum absolute atomic E-state index is 11.2. The summed E-state index contributed by atoms with van der Waals surface area (Å²) in [7, 11) is 0. The molecule has 0 saturated heterocycles. The Kier molecular flexibility index (Phi) is 4.80. The van der Waals surface area contributed by atoms with Crippen molar-refractivity contribution in [3.8, 4) is 0 Å². The SMILES string of the molecule is C=CCNC(=O)C(C(=O)O)C(C)C. The Balaban J connectivity index is 4.29. The highest BCUT2D eigenvalue weighted by atomic mass is 16.4. The van der Waals surface area contributed by atoms with Crippen LogP contribution in [0.15, 0.2) is 12.7 Å². The molecule has 2 N–H and O–H groups in total. The molecule has 1 unspecified atom stereocenters. The highest BCUT2D eigenvalue weighted by molar-refractivity contribution is 5.97. The third-order valence-electron chi connectivity index (χ3n) is 1.64. The van der Waals surface area contributed by atoms with Crippen LogP contribution in [0, 0.1) is 11.8 Å². The molecule has 0 fully saturated rings. The van der Waals surface area contributed by atoms with Gasteiger partial charge in [-0.25, -0.2) is 0 Å². The zero-order chi connectivity index (χ0) is 10.4. The molecule has 0 aliphatic heterocycles. The van der Waals surface area contributed by atoms with Gasteiger partial charge in [0.1, 0.15) is 5.92 Å². The Bertz CT molecular complexity index is 211. The first kappa shape index (κ1) is 11.7. The quantitative estimate of drug-likeness (QED) is 0.488. The molecule has 4 nitrogen and oxygen atoms in total. The second-order valence-corrected chi connectivity index (χ2v) is 3.09. The number of carboxylic acid groups (broad SMARTS) is 1. The lowest BCUT2D eigenvalue weighted by Gasteiger charge is -2.14. The summed E-state index contributed by atoms with van der Waals surface area (Å²) in [4.78, 5) is 21.9. The van der Waals surface area contributed by atoms with Gasteiger partial charge in [-0.3, -0.25) is 9.59 Å². The number of amides is 1. The molecular weight excluding hydrogens is 170 g/mol. The van der Waals surface area contributed by atoms with Gasteiger partial charge in [-0.2, -0.15) is 0 Å². The zero-order valence-corrected chi connectivity index (χ0v) is 7.91. The molecule has 1 atom stereocenters. The smallest absolute Gasteiger partial charge is 0.316 e. The topological polar surface area (TPSA) is 66.4 Å². The second-order valence-electron chi connectivity index (χ2n) is 3.09. The fourth-order valence-corrected chi connectivity index (χ4v) is 0.983. The van der Waals surface area contributed by atoms with E-state index in [0.717, 1.165) is 0 Å². The maximum Gasteiger partial charge on any atom is 0.316 e. The summed E-state index contributed by atoms with van der Waals surface area (Å²) in [5.74, 6) is -2.72. The second kappa shape index (κ2) is 5.35. The molecule has 0 radical (unpaired) electrons. The van der Waals surface area contributed by atoms with E-state index in [2.05, 4.69) is 11.9 Å². The monoisotopic (exact) mass is 185 g/mol. The van der Waals surface area contributed by atoms with Crippen molar-refractivity contribution in [2.24, 2.45) is 11.8 Å². The molecule has 74 valence electrons. The summed E-state index contributed by atoms with van der Waals surface area (Å²) in [6, 6.07) is 0. The van der Waals surface area contributed by atoms with E-state index in [1.807, 2.05) is 0 Å². The molecule has 0 spiro atoms. The van der Waals surface area contributed by atoms with Crippen LogP contribution in [0.25, 0.3) is 0 Å². The van der Waals surface area contributed by atoms with Crippen LogP contribution in [0.5, 0.6) is 0 Å². The van der Waals surface area contributed by atoms with E-state index in [0.29, 0.717) is 6.54 Å². The van der Waals surface area contributed by atoms with Gasteiger partial charge in [0.25, 0.3) is 0 Å². The Morgan fingerprint density at radius 1 is 1.54 bits per heavy atom. The molecule has 0 saturated carbocycles. The number of rotatable bonds is 5. The van der Waals surface area contributed by atoms with Gasteiger partial charge in [-0.05, 0) is 5.92 Å². The van der Waals surface area contributed by atoms with Crippen LogP contribution in [0.2, 0.25) is 0 Å². The third kappa shape index (κ3) is 3.73. The number of carbonyl (C=O) groups excluding carboxylic acids is 1. The fraction of sp³-hybridized carbons (Fsp3) is 0.556. The normalized spacial score (nSPS) is 12.2. The predicted octanol–water partition coefficient (Wildman–Crippen LogP) is 0.645. The lowest BCUT2D eigenvalue weighted by atomic mass is 9.95. The lowest BCUT2D eigenvalue weighted by Crippen LogP contribution is -2.38. The van der Waals surface area contributed by atoms with Gasteiger partial charge in [0, 0.05) is 6.54 Å². The summed E-state index contributed by atoms with van der Waals surface area (Å²) in [6.45, 7) is 7.12. The van der Waals surface area contributed by atoms with Crippen LogP contribution in [0.3, 0.4) is 0 Å². The van der Waals surface area contributed by atoms with E-state index in [-0.39, 0.29) is 5.92 Å². The molecule has 0 rings (SSSR count). The largest absolute Gasteiger partial charge is 0.481 e. The number of nitrogens with one attached hydrogen (secondary N) is 1. The number of hydrogen-bond donors (Lipinski definition) is 2. The van der Waals surface area contributed by atoms with Crippen LogP contribution in [-0.4, -0.2) is 23.5 Å². The van der Waals surface area contributed by atoms with Gasteiger partial charge < -0.3 is 10.4 Å². The summed E-state index contributed by atoms with van der Waals surface area (Å²) in [6.07, 6.45) is 1.51. The van der Waals surface area contributed by atoms with Gasteiger partial charge in [0.05, 0.1) is 0 Å². The Labute approximate surface area is 77.6 Å². The molecule has 0 aromatic rings. The summed E-state index contributed by atoms with van der Waals surface area (Å²) in [5, 5.41) is 11.2. The number of carboxylic acids is 1. The standard InChI is InChI=1S/C9H15NO3/c1-4-5-10-8(11)7(6(2)3)9(12)13/h4,6-7H,1,5H2,2-3H3,(H,10,11)(H,12,13). The van der Waals surface area contributed by atoms with Crippen LogP contribution >= 0.6 is 0 Å². The van der Waals surface area contributed by atoms with Crippen molar-refractivity contribution in [1.29, 1.82) is 0 Å². The average Bonchev–Trinajstić information content (AvgIpc) is 1.99. The van der Waals surface area contributed by atoms with Gasteiger partial charge in [-0.15, -0.1) is 6.58 Å². The highest BCUT2D eigenvalue weighted by Crippen LogP contribution is 2.10. The third-order valence-corrected chi connectivity index (χ3v) is 1.64. The molecule has 4 heteroatoms. The Hall–Kier alpha value is -1.32. The van der Waals surface area contributed by atoms with Crippen molar-refractivity contribution < 1.29 is 14.7 Å². The van der Waals surface area contributed by atoms with Crippen molar-refractivity contribution in [3.05, 3.63) is 12.7 Å². The maximum atomic E-state index is 11.2. The molecule has 0 aromatic heterocycles. The van der Waals surface area contributed by atoms with E-state index in [1.165, 1.54) is 6.08 Å². The summed E-state index contributed by atoms with van der Waals surface area (Å²) in [5.41, 5.74) is 0. The minimum absolute atomic E-state index is 0.206. The van der Waals surface area contributed by atoms with E-state index >= 15 is 0 Å². The molecule has 13 heavy (non-hydrogen) atoms. The first-order valence-corrected chi connectivity index (χ1v) is 4.12. The molecule has 0 aliphatic rings. The van der Waals surface area contributed by atoms with E-state index in [4.69, 9.17) is 5.11 Å². The fourth-order valence-electron chi connectivity index (χ4n) is 0.983. The van der Waals surface area contributed by atoms with Gasteiger partial charge in [-0.1, -0.05) is 19.9 Å². The van der Waals surface area contributed by atoms with Crippen molar-refractivity contribution in [2.75, 3.05) is 6.54 Å². The molecular formula is C9H15NO3. The van der Waals surface area contributed by atoms with E-state index in [9.17, 15) is 9.59 Å². The number of aliphatic carboxylic acids is 1. The van der Waals surface area contributed by atoms with Crippen molar-refractivity contribution in [2.45, 2.75) is 13.8 Å². The Morgan fingerprint density at radius 3 is 2.38 bits per heavy atom. The molecule has 1 amide bonds. The van der Waals surface area contributed by atoms with Crippen molar-refractivity contribution in [3.63, 3.8) is 0 Å². The number of carbonyl (C=O) groups is 2. The zero-order valence-electron chi connectivity index (χ0n) is 7.91. The van der Waals surface area contributed by atoms with Crippen LogP contribution in [0.4, 0.5) is 0 Å². The van der Waals surface area contributed by atoms with E-state index in [1.54, 1.807) is 13.8 Å². The molecule has 0 aromatic carbocycles. The average molecular weight is 185 g/mol. The first-order chi connectivity index (χ1) is 6.00. The van der Waals surface area contributed by atoms with Crippen LogP contribution in [-0.2, 0) is 9.59 Å². The molecule has 0 aliphatic carbocycles. The van der Waals surface area contributed by atoms with Crippen molar-refractivity contribution in [1.82, 2.24) is 5.32 Å². The highest BCUT2D eigenvalue weighted by Gasteiger charge is 2.28. The number of hydrogen-bond acceptors (Lipinski definition) is 2. The van der Waals surface area contributed by atoms with Crippen LogP contribution in [0.1, 0.15) is 13.8 Å². The Morgan fingerprint density at radius 2 is 2.08 bits per heavy atom. The van der Waals surface area contributed by atoms with Crippen molar-refractivity contribution >= 4 is 11.9 Å². The lowest BCUT2D eigenvalue weighted by molar-refractivity contribution is -0.148. The summed E-state index contributed by atoms with van der Waals surface area (Å²) >= 11 is 0. The summed E-state index contributed by atoms with van der Waals surface area (Å²) < 4.78 is 0. The van der Waals surface area contributed by atoms with E-state index < -0.39 is 17.8 Å². The molecule has 0 heterocycles. The van der Waals surface area contributed by atoms with Gasteiger partial charge in [0.2, 0.25) is 5.91 Å². The first-order valence-electron chi connectivity index (χ1n) is 4.12. The predicted molar refractivity (Wildman–Crippen MR) is 49.2 cm³/mol. The minimum atomic E-state index is -1.09. The van der Waals surface area contributed by atoms with Gasteiger partial charge in [0.15, 0.2) is 0 Å².